The fraction of sp³-hybridized carbons (Fsp3) is 0.620. The Morgan fingerprint density at radius 3 is 0.691 bits per heavy atom. The van der Waals surface area contributed by atoms with Gasteiger partial charge in [-0.05, 0) is 150 Å². The molecule has 1 aliphatic heterocycles. The number of hydrogen-bond acceptors (Lipinski definition) is 22. The van der Waals surface area contributed by atoms with E-state index in [1.165, 1.54) is 90.5 Å². The molecule has 23 nitrogen and oxygen atoms in total. The van der Waals surface area contributed by atoms with Crippen LogP contribution in [0.3, 0.4) is 0 Å². The summed E-state index contributed by atoms with van der Waals surface area (Å²) >= 11 is 0. The zero-order valence-electron chi connectivity index (χ0n) is 66.6. The van der Waals surface area contributed by atoms with Crippen molar-refractivity contribution >= 4 is 73.8 Å². The quantitative estimate of drug-likeness (QED) is 0.109. The number of aliphatic hydroxyl groups excluding tert-OH is 1. The summed E-state index contributed by atoms with van der Waals surface area (Å²) in [6.07, 6.45) is 17.3. The molecule has 2 aromatic rings. The van der Waals surface area contributed by atoms with E-state index < -0.39 is 0 Å². The average molecular weight is 1370 g/mol. The second-order valence-electron chi connectivity index (χ2n) is 15.8. The summed E-state index contributed by atoms with van der Waals surface area (Å²) in [6.45, 7) is 70.1. The minimum Gasteiger partial charge on any atom is -0.394 e. The minimum atomic E-state index is -0.167. The van der Waals surface area contributed by atoms with Crippen molar-refractivity contribution in [3.8, 4) is 0 Å². The first-order valence-electron chi connectivity index (χ1n) is 30.1. The molecule has 0 radical (unpaired) electrons. The topological polar surface area (TPSA) is 507 Å². The Morgan fingerprint density at radius 2 is 0.628 bits per heavy atom. The van der Waals surface area contributed by atoms with Gasteiger partial charge in [0.2, 0.25) is 5.91 Å². The lowest BCUT2D eigenvalue weighted by Crippen LogP contribution is -2.33. The normalized spacial score (nSPS) is 7.44. The van der Waals surface area contributed by atoms with Crippen molar-refractivity contribution in [3.05, 3.63) is 96.1 Å². The number of benzene rings is 2. The third kappa shape index (κ3) is 457. The maximum atomic E-state index is 10.7. The molecule has 1 amide bonds. The second-order valence-corrected chi connectivity index (χ2v) is 15.8. The third-order valence-electron chi connectivity index (χ3n) is 8.12. The molecule has 0 aromatic heterocycles. The van der Waals surface area contributed by atoms with E-state index in [2.05, 4.69) is 193 Å². The van der Waals surface area contributed by atoms with Crippen LogP contribution >= 0.6 is 0 Å². The van der Waals surface area contributed by atoms with Gasteiger partial charge < -0.3 is 117 Å². The molecule has 2 aromatic carbocycles. The molecular formula is C71H169N11O12. The summed E-state index contributed by atoms with van der Waals surface area (Å²) in [5, 5.41) is 8.06. The van der Waals surface area contributed by atoms with E-state index in [1.54, 1.807) is 20.8 Å². The van der Waals surface area contributed by atoms with Crippen LogP contribution in [-0.2, 0) is 65.6 Å². The number of carbonyl (C=O) groups is 11. The van der Waals surface area contributed by atoms with Crippen LogP contribution in [0.15, 0.2) is 85.0 Å². The third-order valence-corrected chi connectivity index (χ3v) is 8.12. The number of aryl methyl sites for hydroxylation is 2. The molecule has 0 spiro atoms. The molecule has 23 heteroatoms. The van der Waals surface area contributed by atoms with Gasteiger partial charge in [0.25, 0.3) is 0 Å². The highest BCUT2D eigenvalue weighted by atomic mass is 16.3. The predicted molar refractivity (Wildman–Crippen MR) is 423 cm³/mol. The first-order chi connectivity index (χ1) is 43.3. The molecule has 0 bridgehead atoms. The van der Waals surface area contributed by atoms with Crippen molar-refractivity contribution in [1.82, 2.24) is 29.5 Å². The molecule has 94 heavy (non-hydrogen) atoms. The van der Waals surface area contributed by atoms with Crippen LogP contribution in [0, 0.1) is 17.8 Å². The Kier molecular flexibility index (Phi) is 556. The van der Waals surface area contributed by atoms with Gasteiger partial charge >= 0.3 is 0 Å². The molecule has 1 heterocycles. The second kappa shape index (κ2) is 292. The summed E-state index contributed by atoms with van der Waals surface area (Å²) in [5.41, 5.74) is 31.6. The van der Waals surface area contributed by atoms with Gasteiger partial charge in [0, 0.05) is 26.1 Å². The highest BCUT2D eigenvalue weighted by Crippen LogP contribution is 2.07. The Labute approximate surface area is 584 Å². The van der Waals surface area contributed by atoms with Crippen molar-refractivity contribution in [2.45, 2.75) is 222 Å². The smallest absolute Gasteiger partial charge is 0.219 e. The minimum absolute atomic E-state index is 0. The van der Waals surface area contributed by atoms with Crippen LogP contribution in [-0.4, -0.2) is 145 Å². The van der Waals surface area contributed by atoms with Crippen molar-refractivity contribution in [2.24, 2.45) is 52.2 Å². The number of allylic oxidation sites excluding steroid dienone is 3. The molecule has 580 valence electrons. The summed E-state index contributed by atoms with van der Waals surface area (Å²) < 4.78 is 0. The largest absolute Gasteiger partial charge is 0.394 e. The van der Waals surface area contributed by atoms with E-state index in [1.807, 2.05) is 113 Å². The molecular weight excluding hydrogens is 1200 g/mol. The molecule has 0 atom stereocenters. The first kappa shape index (κ1) is 179. The maximum absolute atomic E-state index is 10.7. The van der Waals surface area contributed by atoms with Gasteiger partial charge in [0.15, 0.2) is 0 Å². The van der Waals surface area contributed by atoms with Crippen molar-refractivity contribution < 1.29 is 57.8 Å². The highest BCUT2D eigenvalue weighted by molar-refractivity contribution is 5.73. The van der Waals surface area contributed by atoms with E-state index in [0.717, 1.165) is 69.5 Å². The predicted octanol–water partition coefficient (Wildman–Crippen LogP) is 14.1. The Hall–Kier alpha value is -6.35. The summed E-state index contributed by atoms with van der Waals surface area (Å²) in [6, 6.07) is 20.9. The first-order valence-corrected chi connectivity index (χ1v) is 30.1. The SMILES string of the molecule is C/C=C\CC.C=C(C)CC.C=O.C=O.C=O.C=O.C=O.C=O.C=O.C=O.C=O.C=O.CC.CC(=O)N1CCCCC1.CC(C)O.CCC(C)C.CCC(C)C.CCC(C)C.CCCN.CCc1ccccc1.CCc1ccccc1.CN.CN.CN.CN.CN.N.N.N.N. The van der Waals surface area contributed by atoms with Gasteiger partial charge in [-0.1, -0.05) is 208 Å². The van der Waals surface area contributed by atoms with Crippen LogP contribution in [0.1, 0.15) is 214 Å². The number of carbonyl (C=O) groups excluding carboxylic acids is 11. The van der Waals surface area contributed by atoms with E-state index in [9.17, 15) is 4.79 Å². The van der Waals surface area contributed by atoms with Gasteiger partial charge in [-0.2, -0.15) is 0 Å². The van der Waals surface area contributed by atoms with E-state index in [4.69, 9.17) is 58.8 Å². The van der Waals surface area contributed by atoms with E-state index in [0.29, 0.717) is 0 Å². The molecule has 1 fully saturated rings. The van der Waals surface area contributed by atoms with Crippen LogP contribution in [0.4, 0.5) is 0 Å². The number of piperidine rings is 1. The Morgan fingerprint density at radius 1 is 0.457 bits per heavy atom. The molecule has 0 unspecified atom stereocenters. The number of nitrogens with zero attached hydrogens (tertiary/aromatic N) is 1. The lowest BCUT2D eigenvalue weighted by atomic mass is 10.1. The fourth-order valence-electron chi connectivity index (χ4n) is 2.87. The van der Waals surface area contributed by atoms with Crippen LogP contribution in [0.25, 0.3) is 0 Å². The average Bonchev–Trinajstić information content (AvgIpc) is 3.67. The molecule has 3 rings (SSSR count). The molecule has 25 N–H and O–H groups in total. The van der Waals surface area contributed by atoms with Crippen molar-refractivity contribution in [1.29, 1.82) is 0 Å². The Bertz CT molecular complexity index is 1140. The maximum Gasteiger partial charge on any atom is 0.219 e. The van der Waals surface area contributed by atoms with Gasteiger partial charge in [-0.3, -0.25) is 4.79 Å². The van der Waals surface area contributed by atoms with E-state index in [-0.39, 0.29) is 36.6 Å². The number of amides is 1. The molecule has 0 aliphatic carbocycles. The van der Waals surface area contributed by atoms with Gasteiger partial charge in [0.05, 0.1) is 0 Å². The summed E-state index contributed by atoms with van der Waals surface area (Å²) in [7, 11) is 7.50. The lowest BCUT2D eigenvalue weighted by Gasteiger charge is -2.24. The number of rotatable bonds is 8. The van der Waals surface area contributed by atoms with Crippen LogP contribution < -0.4 is 59.0 Å². The monoisotopic (exact) mass is 1370 g/mol. The van der Waals surface area contributed by atoms with Crippen LogP contribution in [0.2, 0.25) is 0 Å². The fourth-order valence-corrected chi connectivity index (χ4v) is 2.87. The van der Waals surface area contributed by atoms with Crippen LogP contribution in [0.5, 0.6) is 0 Å². The number of nitrogens with two attached hydrogens (primary N) is 6. The molecule has 1 saturated heterocycles. The van der Waals surface area contributed by atoms with Gasteiger partial charge in [0.1, 0.15) is 67.9 Å². The summed E-state index contributed by atoms with van der Waals surface area (Å²) in [5.74, 6) is 2.88. The van der Waals surface area contributed by atoms with Crippen molar-refractivity contribution in [3.63, 3.8) is 0 Å². The Balaban J connectivity index is -0.0000000203. The molecule has 1 aliphatic rings. The van der Waals surface area contributed by atoms with Crippen molar-refractivity contribution in [2.75, 3.05) is 54.9 Å². The van der Waals surface area contributed by atoms with Gasteiger partial charge in [-0.15, -0.1) is 6.58 Å². The van der Waals surface area contributed by atoms with E-state index >= 15 is 0 Å². The molecule has 0 saturated carbocycles. The number of aliphatic hydroxyl groups is 1. The summed E-state index contributed by atoms with van der Waals surface area (Å²) in [4.78, 5) is 92.6. The lowest BCUT2D eigenvalue weighted by molar-refractivity contribution is -0.129. The number of hydrogen-bond donors (Lipinski definition) is 11. The standard InChI is InChI=1S/2C8H10.C7H13NO.3C5H12.2C5H10.C3H9N.C3H8O.C2H6.5CH5N.10CH2O.4H3N/c2*1-2-8-6-4-3-5-7-8;1-7(9)8-5-3-2-4-6-8;4*1-4-5(2)3;1-3-5-4-2;1-2-3-4;1-3(2)4;16*1-2;;;;/h2*3-7H,2H2,1H3;2-6H2,1H3;3*5H,4H2,1-3H3;2,4H2,1,3H3;3,5H,4H2,1-2H3;2-4H2,1H3;3-4H,1-2H3;1-2H3;5*2H2,1H3;10*1H2;4*1H3/b;;;;;;;5-3-;;;;;;;;;;;;;;;;;;;;;;. The van der Waals surface area contributed by atoms with Gasteiger partial charge in [-0.25, -0.2) is 0 Å². The number of likely N-dealkylation sites (tertiary alicyclic amines) is 1. The highest BCUT2D eigenvalue weighted by Gasteiger charge is 2.11. The zero-order chi connectivity index (χ0) is 78.6. The zero-order valence-corrected chi connectivity index (χ0v) is 66.6.